The number of nitrogens with one attached hydrogen (secondary N) is 2. The first kappa shape index (κ1) is 17.9. The van der Waals surface area contributed by atoms with E-state index in [-0.39, 0.29) is 5.78 Å². The highest BCUT2D eigenvalue weighted by Crippen LogP contribution is 2.33. The van der Waals surface area contributed by atoms with Crippen LogP contribution in [0.1, 0.15) is 59.8 Å². The largest absolute Gasteiger partial charge is 0.465 e. The average Bonchev–Trinajstić information content (AvgIpc) is 2.95. The minimum Gasteiger partial charge on any atom is -0.465 e. The smallest absolute Gasteiger partial charge is 0.341 e. The van der Waals surface area contributed by atoms with Gasteiger partial charge < -0.3 is 15.0 Å². The predicted octanol–water partition coefficient (Wildman–Crippen LogP) is 3.55. The second-order valence-corrected chi connectivity index (χ2v) is 6.84. The summed E-state index contributed by atoms with van der Waals surface area (Å²) in [6.07, 6.45) is 0. The van der Waals surface area contributed by atoms with Crippen LogP contribution in [0.25, 0.3) is 0 Å². The molecule has 0 saturated heterocycles. The number of ether oxygens (including phenoxy) is 1. The van der Waals surface area contributed by atoms with E-state index in [9.17, 15) is 14.4 Å². The highest BCUT2D eigenvalue weighted by molar-refractivity contribution is 7.16. The van der Waals surface area contributed by atoms with Gasteiger partial charge in [0, 0.05) is 16.1 Å². The van der Waals surface area contributed by atoms with Gasteiger partial charge in [-0.25, -0.2) is 4.79 Å². The number of carbonyl (C=O) groups is 3. The molecule has 2 aromatic rings. The number of hydrogen-bond acceptors (Lipinski definition) is 5. The number of aromatic nitrogens is 1. The summed E-state index contributed by atoms with van der Waals surface area (Å²) in [5.74, 6) is -0.983. The molecule has 2 heterocycles. The van der Waals surface area contributed by atoms with Crippen LogP contribution in [0, 0.1) is 27.7 Å². The predicted molar refractivity (Wildman–Crippen MR) is 93.4 cm³/mol. The molecule has 2 aromatic heterocycles. The van der Waals surface area contributed by atoms with Crippen LogP contribution in [0.4, 0.5) is 5.00 Å². The lowest BCUT2D eigenvalue weighted by molar-refractivity contribution is 0.0601. The Morgan fingerprint density at radius 3 is 2.17 bits per heavy atom. The second-order valence-electron chi connectivity index (χ2n) is 5.61. The van der Waals surface area contributed by atoms with Crippen LogP contribution in [-0.4, -0.2) is 29.8 Å². The van der Waals surface area contributed by atoms with Crippen molar-refractivity contribution >= 4 is 34.0 Å². The molecule has 0 atom stereocenters. The summed E-state index contributed by atoms with van der Waals surface area (Å²) in [5.41, 5.74) is 3.23. The van der Waals surface area contributed by atoms with E-state index < -0.39 is 11.9 Å². The number of rotatable bonds is 4. The molecule has 0 aliphatic heterocycles. The summed E-state index contributed by atoms with van der Waals surface area (Å²) in [6, 6.07) is 0. The number of aryl methyl sites for hydroxylation is 2. The maximum absolute atomic E-state index is 12.6. The van der Waals surface area contributed by atoms with Crippen molar-refractivity contribution in [2.45, 2.75) is 34.6 Å². The van der Waals surface area contributed by atoms with Gasteiger partial charge >= 0.3 is 5.97 Å². The molecule has 2 rings (SSSR count). The fraction of sp³-hybridized carbons (Fsp3) is 0.353. The number of carbonyl (C=O) groups excluding carboxylic acids is 3. The van der Waals surface area contributed by atoms with Crippen molar-refractivity contribution in [2.75, 3.05) is 12.4 Å². The number of hydrogen-bond donors (Lipinski definition) is 2. The summed E-state index contributed by atoms with van der Waals surface area (Å²) < 4.78 is 4.80. The molecule has 0 aliphatic rings. The number of methoxy groups -OCH3 is 1. The average molecular weight is 348 g/mol. The van der Waals surface area contributed by atoms with Crippen LogP contribution in [0.2, 0.25) is 0 Å². The quantitative estimate of drug-likeness (QED) is 0.653. The first-order chi connectivity index (χ1) is 11.2. The third-order valence-electron chi connectivity index (χ3n) is 4.02. The van der Waals surface area contributed by atoms with Gasteiger partial charge in [-0.2, -0.15) is 0 Å². The summed E-state index contributed by atoms with van der Waals surface area (Å²) in [6.45, 7) is 8.62. The Bertz CT molecular complexity index is 845. The molecule has 0 radical (unpaired) electrons. The van der Waals surface area contributed by atoms with E-state index in [1.54, 1.807) is 13.8 Å². The number of esters is 1. The van der Waals surface area contributed by atoms with E-state index in [2.05, 4.69) is 10.3 Å². The molecular weight excluding hydrogens is 328 g/mol. The third-order valence-corrected chi connectivity index (χ3v) is 5.14. The van der Waals surface area contributed by atoms with Crippen molar-refractivity contribution in [2.24, 2.45) is 0 Å². The summed E-state index contributed by atoms with van der Waals surface area (Å²) in [4.78, 5) is 40.2. The molecule has 0 saturated carbocycles. The van der Waals surface area contributed by atoms with E-state index in [1.165, 1.54) is 25.4 Å². The van der Waals surface area contributed by atoms with Crippen LogP contribution in [0.15, 0.2) is 0 Å². The Balaban J connectivity index is 2.42. The van der Waals surface area contributed by atoms with Gasteiger partial charge in [0.2, 0.25) is 0 Å². The second kappa shape index (κ2) is 6.60. The van der Waals surface area contributed by atoms with Gasteiger partial charge in [-0.3, -0.25) is 9.59 Å². The van der Waals surface area contributed by atoms with Crippen molar-refractivity contribution < 1.29 is 19.1 Å². The van der Waals surface area contributed by atoms with E-state index in [4.69, 9.17) is 4.74 Å². The van der Waals surface area contributed by atoms with Gasteiger partial charge in [0.05, 0.1) is 12.7 Å². The number of ketones is 1. The van der Waals surface area contributed by atoms with Crippen molar-refractivity contribution in [3.8, 4) is 0 Å². The topological polar surface area (TPSA) is 88.3 Å². The molecule has 2 N–H and O–H groups in total. The van der Waals surface area contributed by atoms with Gasteiger partial charge in [0.25, 0.3) is 5.91 Å². The zero-order valence-electron chi connectivity index (χ0n) is 14.5. The highest BCUT2D eigenvalue weighted by Gasteiger charge is 2.24. The van der Waals surface area contributed by atoms with E-state index in [1.807, 2.05) is 13.8 Å². The molecule has 0 bridgehead atoms. The number of amides is 1. The molecule has 7 heteroatoms. The molecule has 0 aliphatic carbocycles. The summed E-state index contributed by atoms with van der Waals surface area (Å²) in [7, 11) is 1.30. The maximum Gasteiger partial charge on any atom is 0.341 e. The van der Waals surface area contributed by atoms with Crippen LogP contribution in [0.3, 0.4) is 0 Å². The van der Waals surface area contributed by atoms with E-state index in [0.29, 0.717) is 33.1 Å². The van der Waals surface area contributed by atoms with Gasteiger partial charge in [0.1, 0.15) is 10.7 Å². The molecule has 0 spiro atoms. The number of thiophene rings is 1. The van der Waals surface area contributed by atoms with E-state index in [0.717, 1.165) is 10.4 Å². The maximum atomic E-state index is 12.6. The summed E-state index contributed by atoms with van der Waals surface area (Å²) >= 11 is 1.32. The van der Waals surface area contributed by atoms with Crippen molar-refractivity contribution in [1.82, 2.24) is 4.98 Å². The highest BCUT2D eigenvalue weighted by atomic mass is 32.1. The number of aromatic amines is 1. The molecule has 0 fully saturated rings. The van der Waals surface area contributed by atoms with Gasteiger partial charge in [-0.15, -0.1) is 11.3 Å². The number of H-pyrrole nitrogens is 1. The van der Waals surface area contributed by atoms with Gasteiger partial charge in [-0.1, -0.05) is 0 Å². The van der Waals surface area contributed by atoms with E-state index >= 15 is 0 Å². The Morgan fingerprint density at radius 1 is 1.04 bits per heavy atom. The van der Waals surface area contributed by atoms with Crippen LogP contribution in [-0.2, 0) is 4.74 Å². The zero-order chi connectivity index (χ0) is 18.2. The Hall–Kier alpha value is -2.41. The van der Waals surface area contributed by atoms with Crippen LogP contribution >= 0.6 is 11.3 Å². The fourth-order valence-corrected chi connectivity index (χ4v) is 3.78. The minimum atomic E-state index is -0.490. The van der Waals surface area contributed by atoms with Gasteiger partial charge in [0.15, 0.2) is 5.78 Å². The standard InChI is InChI=1S/C17H20N2O4S/c1-7-11(5)24-16(13(7)17(22)23-6)19-15(21)14-8(2)12(10(4)20)9(3)18-14/h18H,1-6H3,(H,19,21). The lowest BCUT2D eigenvalue weighted by Gasteiger charge is -2.06. The molecule has 6 nitrogen and oxygen atoms in total. The molecule has 0 unspecified atom stereocenters. The Kier molecular flexibility index (Phi) is 4.94. The number of Topliss-reactive ketones (excluding diaryl/α,β-unsaturated/α-hetero) is 1. The fourth-order valence-electron chi connectivity index (χ4n) is 2.73. The van der Waals surface area contributed by atoms with Crippen molar-refractivity contribution in [1.29, 1.82) is 0 Å². The Morgan fingerprint density at radius 2 is 1.67 bits per heavy atom. The number of anilines is 1. The molecule has 24 heavy (non-hydrogen) atoms. The minimum absolute atomic E-state index is 0.0987. The summed E-state index contributed by atoms with van der Waals surface area (Å²) in [5, 5.41) is 3.20. The lowest BCUT2D eigenvalue weighted by Crippen LogP contribution is -2.15. The van der Waals surface area contributed by atoms with Crippen molar-refractivity contribution in [3.05, 3.63) is 38.5 Å². The molecular formula is C17H20N2O4S. The molecule has 0 aromatic carbocycles. The molecule has 1 amide bonds. The first-order valence-corrected chi connectivity index (χ1v) is 8.20. The van der Waals surface area contributed by atoms with Gasteiger partial charge in [-0.05, 0) is 45.7 Å². The Labute approximate surface area is 144 Å². The zero-order valence-corrected chi connectivity index (χ0v) is 15.4. The normalized spacial score (nSPS) is 10.6. The van der Waals surface area contributed by atoms with Crippen LogP contribution in [0.5, 0.6) is 0 Å². The monoisotopic (exact) mass is 348 g/mol. The first-order valence-electron chi connectivity index (χ1n) is 7.38. The third kappa shape index (κ3) is 2.99. The molecule has 128 valence electrons. The van der Waals surface area contributed by atoms with Crippen molar-refractivity contribution in [3.63, 3.8) is 0 Å². The van der Waals surface area contributed by atoms with Crippen LogP contribution < -0.4 is 5.32 Å². The SMILES string of the molecule is COC(=O)c1c(NC(=O)c2[nH]c(C)c(C(C)=O)c2C)sc(C)c1C. The lowest BCUT2D eigenvalue weighted by atomic mass is 10.1.